The lowest BCUT2D eigenvalue weighted by molar-refractivity contribution is 1.26. The van der Waals surface area contributed by atoms with Gasteiger partial charge in [0.05, 0.1) is 11.0 Å². The second-order valence-electron chi connectivity index (χ2n) is 2.94. The summed E-state index contributed by atoms with van der Waals surface area (Å²) in [6, 6.07) is 5.95. The molecule has 0 unspecified atom stereocenters. The lowest BCUT2D eigenvalue weighted by atomic mass is 10.2. The molecule has 0 bridgehead atoms. The summed E-state index contributed by atoms with van der Waals surface area (Å²) in [5.41, 5.74) is 8.30. The molecule has 14 heavy (non-hydrogen) atoms. The Morgan fingerprint density at radius 2 is 1.93 bits per heavy atom. The third-order valence-corrected chi connectivity index (χ3v) is 1.94. The van der Waals surface area contributed by atoms with Crippen molar-refractivity contribution in [1.29, 1.82) is 0 Å². The Morgan fingerprint density at radius 1 is 1.14 bits per heavy atom. The van der Waals surface area contributed by atoms with Crippen LogP contribution in [0.2, 0.25) is 0 Å². The Bertz CT molecular complexity index is 463. The number of hydrogen-bond donors (Lipinski definition) is 1. The summed E-state index contributed by atoms with van der Waals surface area (Å²) >= 11 is 0. The van der Waals surface area contributed by atoms with Gasteiger partial charge in [0.1, 0.15) is 0 Å². The van der Waals surface area contributed by atoms with Crippen LogP contribution in [-0.2, 0) is 0 Å². The highest BCUT2D eigenvalue weighted by molar-refractivity contribution is 5.76. The zero-order chi connectivity index (χ0) is 9.80. The summed E-state index contributed by atoms with van der Waals surface area (Å²) in [5, 5.41) is 0. The Morgan fingerprint density at radius 3 is 2.71 bits per heavy atom. The maximum absolute atomic E-state index is 5.37. The lowest BCUT2D eigenvalue weighted by Gasteiger charge is -1.96. The van der Waals surface area contributed by atoms with Gasteiger partial charge in [0, 0.05) is 18.9 Å². The molecule has 0 radical (unpaired) electrons. The van der Waals surface area contributed by atoms with E-state index in [4.69, 9.17) is 5.73 Å². The highest BCUT2D eigenvalue weighted by Crippen LogP contribution is 2.11. The van der Waals surface area contributed by atoms with E-state index in [-0.39, 0.29) is 0 Å². The van der Waals surface area contributed by atoms with Crippen molar-refractivity contribution in [3.05, 3.63) is 42.2 Å². The van der Waals surface area contributed by atoms with E-state index in [1.165, 1.54) is 0 Å². The number of aromatic nitrogens is 2. The molecule has 0 atom stereocenters. The molecule has 70 valence electrons. The molecule has 0 aliphatic carbocycles. The van der Waals surface area contributed by atoms with Crippen LogP contribution in [0.3, 0.4) is 0 Å². The van der Waals surface area contributed by atoms with Gasteiger partial charge in [-0.15, -0.1) is 0 Å². The Labute approximate surface area is 82.3 Å². The molecule has 0 amide bonds. The van der Waals surface area contributed by atoms with Crippen molar-refractivity contribution in [2.45, 2.75) is 0 Å². The molecule has 3 heteroatoms. The number of nitrogens with two attached hydrogens (primary N) is 1. The van der Waals surface area contributed by atoms with Gasteiger partial charge in [-0.2, -0.15) is 0 Å². The van der Waals surface area contributed by atoms with E-state index in [1.54, 1.807) is 12.4 Å². The highest BCUT2D eigenvalue weighted by atomic mass is 14.8. The van der Waals surface area contributed by atoms with Crippen LogP contribution < -0.4 is 5.73 Å². The molecule has 0 aliphatic rings. The van der Waals surface area contributed by atoms with Crippen molar-refractivity contribution in [3.8, 4) is 0 Å². The van der Waals surface area contributed by atoms with Crippen LogP contribution in [0.15, 0.2) is 36.7 Å². The second-order valence-corrected chi connectivity index (χ2v) is 2.94. The SMILES string of the molecule is NCC=Cc1ccc2nccnc2c1. The van der Waals surface area contributed by atoms with Gasteiger partial charge in [-0.1, -0.05) is 18.2 Å². The number of rotatable bonds is 2. The molecule has 1 aromatic heterocycles. The Balaban J connectivity index is 2.46. The first-order valence-electron chi connectivity index (χ1n) is 4.47. The molecular weight excluding hydrogens is 174 g/mol. The van der Waals surface area contributed by atoms with Crippen LogP contribution in [-0.4, -0.2) is 16.5 Å². The van der Waals surface area contributed by atoms with E-state index in [1.807, 2.05) is 30.4 Å². The first-order chi connectivity index (χ1) is 6.90. The number of benzene rings is 1. The predicted molar refractivity (Wildman–Crippen MR) is 57.6 cm³/mol. The summed E-state index contributed by atoms with van der Waals surface area (Å²) in [4.78, 5) is 8.41. The maximum Gasteiger partial charge on any atom is 0.0892 e. The molecule has 1 aromatic carbocycles. The number of fused-ring (bicyclic) bond motifs is 1. The van der Waals surface area contributed by atoms with E-state index in [2.05, 4.69) is 9.97 Å². The van der Waals surface area contributed by atoms with Crippen molar-refractivity contribution < 1.29 is 0 Å². The minimum absolute atomic E-state index is 0.554. The maximum atomic E-state index is 5.37. The fraction of sp³-hybridized carbons (Fsp3) is 0.0909. The van der Waals surface area contributed by atoms with Crippen LogP contribution in [0.1, 0.15) is 5.56 Å². The Hall–Kier alpha value is -1.74. The van der Waals surface area contributed by atoms with Gasteiger partial charge >= 0.3 is 0 Å². The zero-order valence-electron chi connectivity index (χ0n) is 7.72. The Kier molecular flexibility index (Phi) is 2.51. The highest BCUT2D eigenvalue weighted by Gasteiger charge is 1.94. The van der Waals surface area contributed by atoms with Crippen molar-refractivity contribution in [1.82, 2.24) is 9.97 Å². The van der Waals surface area contributed by atoms with Gasteiger partial charge in [0.25, 0.3) is 0 Å². The van der Waals surface area contributed by atoms with Crippen molar-refractivity contribution in [2.24, 2.45) is 5.73 Å². The summed E-state index contributed by atoms with van der Waals surface area (Å²) < 4.78 is 0. The smallest absolute Gasteiger partial charge is 0.0892 e. The largest absolute Gasteiger partial charge is 0.327 e. The van der Waals surface area contributed by atoms with Crippen LogP contribution in [0, 0.1) is 0 Å². The molecule has 0 saturated heterocycles. The summed E-state index contributed by atoms with van der Waals surface area (Å²) in [6.07, 6.45) is 7.28. The van der Waals surface area contributed by atoms with E-state index in [0.717, 1.165) is 16.6 Å². The van der Waals surface area contributed by atoms with Gasteiger partial charge in [-0.05, 0) is 17.7 Å². The molecule has 0 spiro atoms. The molecule has 3 nitrogen and oxygen atoms in total. The average molecular weight is 185 g/mol. The van der Waals surface area contributed by atoms with Crippen molar-refractivity contribution >= 4 is 17.1 Å². The second kappa shape index (κ2) is 3.98. The third-order valence-electron chi connectivity index (χ3n) is 1.94. The van der Waals surface area contributed by atoms with Crippen LogP contribution >= 0.6 is 0 Å². The number of nitrogens with zero attached hydrogens (tertiary/aromatic N) is 2. The standard InChI is InChI=1S/C11H11N3/c12-5-1-2-9-3-4-10-11(8-9)14-7-6-13-10/h1-4,6-8H,5,12H2. The van der Waals surface area contributed by atoms with Gasteiger partial charge in [0.15, 0.2) is 0 Å². The molecular formula is C11H11N3. The van der Waals surface area contributed by atoms with Crippen LogP contribution in [0.25, 0.3) is 17.1 Å². The molecule has 2 rings (SSSR count). The summed E-state index contributed by atoms with van der Waals surface area (Å²) in [5.74, 6) is 0. The topological polar surface area (TPSA) is 51.8 Å². The average Bonchev–Trinajstić information content (AvgIpc) is 2.26. The van der Waals surface area contributed by atoms with E-state index < -0.39 is 0 Å². The first-order valence-corrected chi connectivity index (χ1v) is 4.47. The zero-order valence-corrected chi connectivity index (χ0v) is 7.72. The van der Waals surface area contributed by atoms with Gasteiger partial charge in [0.2, 0.25) is 0 Å². The lowest BCUT2D eigenvalue weighted by Crippen LogP contribution is -1.92. The molecule has 1 heterocycles. The molecule has 0 fully saturated rings. The summed E-state index contributed by atoms with van der Waals surface area (Å²) in [7, 11) is 0. The first kappa shape index (κ1) is 8.84. The minimum Gasteiger partial charge on any atom is -0.327 e. The monoisotopic (exact) mass is 185 g/mol. The van der Waals surface area contributed by atoms with Crippen LogP contribution in [0.5, 0.6) is 0 Å². The van der Waals surface area contributed by atoms with Crippen molar-refractivity contribution in [3.63, 3.8) is 0 Å². The molecule has 0 saturated carbocycles. The van der Waals surface area contributed by atoms with E-state index >= 15 is 0 Å². The van der Waals surface area contributed by atoms with Crippen molar-refractivity contribution in [2.75, 3.05) is 6.54 Å². The fourth-order valence-electron chi connectivity index (χ4n) is 1.29. The molecule has 2 N–H and O–H groups in total. The minimum atomic E-state index is 0.554. The van der Waals surface area contributed by atoms with Gasteiger partial charge in [-0.25, -0.2) is 0 Å². The van der Waals surface area contributed by atoms with Gasteiger partial charge in [-0.3, -0.25) is 9.97 Å². The molecule has 0 aliphatic heterocycles. The normalized spacial score (nSPS) is 11.2. The fourth-order valence-corrected chi connectivity index (χ4v) is 1.29. The molecule has 2 aromatic rings. The van der Waals surface area contributed by atoms with E-state index in [9.17, 15) is 0 Å². The third kappa shape index (κ3) is 1.78. The number of hydrogen-bond acceptors (Lipinski definition) is 3. The van der Waals surface area contributed by atoms with Gasteiger partial charge < -0.3 is 5.73 Å². The summed E-state index contributed by atoms with van der Waals surface area (Å²) in [6.45, 7) is 0.554. The van der Waals surface area contributed by atoms with Crippen LogP contribution in [0.4, 0.5) is 0 Å². The van der Waals surface area contributed by atoms with E-state index in [0.29, 0.717) is 6.54 Å². The quantitative estimate of drug-likeness (QED) is 0.773. The predicted octanol–water partition coefficient (Wildman–Crippen LogP) is 1.60.